The summed E-state index contributed by atoms with van der Waals surface area (Å²) in [5.41, 5.74) is 0. The van der Waals surface area contributed by atoms with Crippen LogP contribution in [0, 0.1) is 30.3 Å². The second kappa shape index (κ2) is 22.4. The fourth-order valence-electron chi connectivity index (χ4n) is 0. The molecular weight excluding hydrogens is 253 g/mol. The first kappa shape index (κ1) is 22.7. The molecule has 0 fully saturated rings. The Hall–Kier alpha value is -2.02. The van der Waals surface area contributed by atoms with E-state index in [4.69, 9.17) is 49.6 Å². The summed E-state index contributed by atoms with van der Waals surface area (Å²) in [5.74, 6) is 0. The molecule has 0 radical (unpaired) electrons. The molecule has 0 heterocycles. The molecular formula is H3N3O10V. The number of rotatable bonds is 0. The van der Waals surface area contributed by atoms with Gasteiger partial charge >= 0.3 is 21.0 Å². The average molecular weight is 256 g/mol. The summed E-state index contributed by atoms with van der Waals surface area (Å²) >= 11 is 1.06. The third kappa shape index (κ3) is 198. The van der Waals surface area contributed by atoms with E-state index in [-0.39, 0.29) is 0 Å². The van der Waals surface area contributed by atoms with E-state index < -0.39 is 15.3 Å². The molecule has 0 aliphatic heterocycles. The summed E-state index contributed by atoms with van der Waals surface area (Å²) in [6.45, 7) is 0. The van der Waals surface area contributed by atoms with Gasteiger partial charge in [-0.15, -0.1) is 30.3 Å². The van der Waals surface area contributed by atoms with Crippen molar-refractivity contribution in [2.24, 2.45) is 0 Å². The predicted octanol–water partition coefficient (Wildman–Crippen LogP) is -1.16. The Morgan fingerprint density at radius 3 is 0.714 bits per heavy atom. The van der Waals surface area contributed by atoms with Crippen molar-refractivity contribution in [2.45, 2.75) is 0 Å². The molecule has 14 heavy (non-hydrogen) atoms. The van der Waals surface area contributed by atoms with Crippen LogP contribution < -0.4 is 0 Å². The Morgan fingerprint density at radius 1 is 0.714 bits per heavy atom. The Labute approximate surface area is 83.1 Å². The normalized spacial score (nSPS) is 5.36. The second-order valence-corrected chi connectivity index (χ2v) is 0.714. The van der Waals surface area contributed by atoms with Gasteiger partial charge in [0.1, 0.15) is 0 Å². The summed E-state index contributed by atoms with van der Waals surface area (Å²) < 4.78 is 8.19. The van der Waals surface area contributed by atoms with Crippen LogP contribution in [0.4, 0.5) is 0 Å². The topological polar surface area (TPSA) is 207 Å². The number of hydrogen-bond donors (Lipinski definition) is 3. The van der Waals surface area contributed by atoms with Crippen LogP contribution in [0.15, 0.2) is 0 Å². The van der Waals surface area contributed by atoms with E-state index in [1.807, 2.05) is 0 Å². The van der Waals surface area contributed by atoms with Crippen LogP contribution in [0.1, 0.15) is 0 Å². The minimum absolute atomic E-state index is 1.06. The Bertz CT molecular complexity index is 124. The minimum atomic E-state index is -1.50. The maximum atomic E-state index is 8.36. The first-order valence-corrected chi connectivity index (χ1v) is 2.45. The second-order valence-electron chi connectivity index (χ2n) is 0.714. The molecule has 13 nitrogen and oxygen atoms in total. The fourth-order valence-corrected chi connectivity index (χ4v) is 0. The molecule has 83 valence electrons. The van der Waals surface area contributed by atoms with Crippen LogP contribution in [0.5, 0.6) is 0 Å². The molecule has 0 amide bonds. The Morgan fingerprint density at radius 2 is 0.714 bits per heavy atom. The molecule has 14 heteroatoms. The van der Waals surface area contributed by atoms with Crippen molar-refractivity contribution in [1.29, 1.82) is 0 Å². The van der Waals surface area contributed by atoms with Crippen molar-refractivity contribution in [3.63, 3.8) is 0 Å². The van der Waals surface area contributed by atoms with Crippen LogP contribution in [-0.2, 0) is 21.0 Å². The molecule has 3 N–H and O–H groups in total. The summed E-state index contributed by atoms with van der Waals surface area (Å²) in [7, 11) is 0. The molecule has 0 atom stereocenters. The molecule has 0 aromatic rings. The van der Waals surface area contributed by atoms with Crippen molar-refractivity contribution >= 4 is 0 Å². The maximum absolute atomic E-state index is 8.36. The van der Waals surface area contributed by atoms with E-state index in [9.17, 15) is 0 Å². The summed E-state index contributed by atoms with van der Waals surface area (Å²) in [4.78, 5) is 25.1. The van der Waals surface area contributed by atoms with Crippen LogP contribution in [0.25, 0.3) is 0 Å². The van der Waals surface area contributed by atoms with E-state index in [2.05, 4.69) is 0 Å². The van der Waals surface area contributed by atoms with Gasteiger partial charge in [0.15, 0.2) is 0 Å². The van der Waals surface area contributed by atoms with Crippen molar-refractivity contribution in [3.8, 4) is 0 Å². The zero-order valence-electron chi connectivity index (χ0n) is 5.99. The van der Waals surface area contributed by atoms with E-state index in [0.717, 1.165) is 17.4 Å². The van der Waals surface area contributed by atoms with Gasteiger partial charge in [0.25, 0.3) is 15.3 Å². The van der Waals surface area contributed by atoms with E-state index in [1.54, 1.807) is 0 Å². The molecule has 0 saturated heterocycles. The third-order valence-corrected chi connectivity index (χ3v) is 0. The summed E-state index contributed by atoms with van der Waals surface area (Å²) in [6.07, 6.45) is 0. The van der Waals surface area contributed by atoms with Crippen LogP contribution >= 0.6 is 0 Å². The van der Waals surface area contributed by atoms with Crippen molar-refractivity contribution < 1.29 is 51.9 Å². The van der Waals surface area contributed by atoms with Gasteiger partial charge in [-0.3, -0.25) is 0 Å². The van der Waals surface area contributed by atoms with Crippen LogP contribution in [0.3, 0.4) is 0 Å². The third-order valence-electron chi connectivity index (χ3n) is 0. The van der Waals surface area contributed by atoms with E-state index in [0.29, 0.717) is 0 Å². The van der Waals surface area contributed by atoms with Crippen LogP contribution in [0.2, 0.25) is 0 Å². The van der Waals surface area contributed by atoms with Gasteiger partial charge in [0, 0.05) is 0 Å². The molecule has 0 unspecified atom stereocenters. The first-order valence-electron chi connectivity index (χ1n) is 1.88. The Kier molecular flexibility index (Phi) is 36.4. The monoisotopic (exact) mass is 256 g/mol. The molecule has 0 aliphatic carbocycles. The van der Waals surface area contributed by atoms with Gasteiger partial charge in [0.2, 0.25) is 0 Å². The average Bonchev–Trinajstić information content (AvgIpc) is 1.86. The molecule has 0 aromatic carbocycles. The van der Waals surface area contributed by atoms with Gasteiger partial charge in [0.05, 0.1) is 0 Å². The van der Waals surface area contributed by atoms with Crippen molar-refractivity contribution in [2.75, 3.05) is 0 Å². The van der Waals surface area contributed by atoms with Crippen molar-refractivity contribution in [1.82, 2.24) is 0 Å². The predicted molar refractivity (Wildman–Crippen MR) is 27.0 cm³/mol. The van der Waals surface area contributed by atoms with Gasteiger partial charge in [-0.25, -0.2) is 0 Å². The van der Waals surface area contributed by atoms with Gasteiger partial charge in [-0.2, -0.15) is 0 Å². The molecule has 0 bridgehead atoms. The van der Waals surface area contributed by atoms with Crippen molar-refractivity contribution in [3.05, 3.63) is 30.3 Å². The summed E-state index contributed by atoms with van der Waals surface area (Å²) in [5, 5.41) is 40.9. The quantitative estimate of drug-likeness (QED) is 0.349. The zero-order valence-corrected chi connectivity index (χ0v) is 7.38. The Balaban J connectivity index is -0.0000000492. The molecule has 0 spiro atoms. The molecule has 0 aromatic heterocycles. The van der Waals surface area contributed by atoms with E-state index in [1.165, 1.54) is 0 Å². The molecule has 0 rings (SSSR count). The van der Waals surface area contributed by atoms with Crippen LogP contribution in [-0.4, -0.2) is 30.9 Å². The standard InChI is InChI=1S/3HNO3.O.V/c3*2-1(3)4;;/h3*(H,2,3,4);;. The van der Waals surface area contributed by atoms with Gasteiger partial charge in [-0.05, 0) is 0 Å². The number of hydrogen-bond acceptors (Lipinski definition) is 7. The zero-order chi connectivity index (χ0) is 12.7. The fraction of sp³-hybridized carbons (Fsp3) is 0. The molecule has 0 aliphatic rings. The summed E-state index contributed by atoms with van der Waals surface area (Å²) in [6, 6.07) is 0. The van der Waals surface area contributed by atoms with E-state index >= 15 is 0 Å². The van der Waals surface area contributed by atoms with Gasteiger partial charge in [-0.1, -0.05) is 0 Å². The molecule has 0 saturated carbocycles. The SMILES string of the molecule is O=[N+]([O-])O.O=[N+]([O-])O.O=[N+]([O-])O.[O]=[V]. The number of nitrogens with zero attached hydrogens (tertiary/aromatic N) is 3. The van der Waals surface area contributed by atoms with Gasteiger partial charge < -0.3 is 15.6 Å². The first-order chi connectivity index (χ1) is 6.20.